The highest BCUT2D eigenvalue weighted by Crippen LogP contribution is 2.48. The van der Waals surface area contributed by atoms with Gasteiger partial charge in [0, 0.05) is 19.6 Å². The van der Waals surface area contributed by atoms with E-state index in [4.69, 9.17) is 4.74 Å². The monoisotopic (exact) mass is 248 g/mol. The maximum absolute atomic E-state index is 12.3. The average Bonchev–Trinajstić information content (AvgIpc) is 2.32. The Bertz CT molecular complexity index is 390. The maximum atomic E-state index is 12.3. The summed E-state index contributed by atoms with van der Waals surface area (Å²) in [6.45, 7) is 7.39. The molecule has 0 saturated heterocycles. The van der Waals surface area contributed by atoms with Gasteiger partial charge in [0.15, 0.2) is 5.78 Å². The minimum absolute atomic E-state index is 0.126. The first-order valence-electron chi connectivity index (χ1n) is 6.86. The van der Waals surface area contributed by atoms with Gasteiger partial charge < -0.3 is 4.74 Å². The third kappa shape index (κ3) is 2.31. The second kappa shape index (κ2) is 5.00. The van der Waals surface area contributed by atoms with Gasteiger partial charge in [-0.3, -0.25) is 4.79 Å². The van der Waals surface area contributed by atoms with Crippen molar-refractivity contribution in [3.63, 3.8) is 0 Å². The van der Waals surface area contributed by atoms with E-state index in [9.17, 15) is 4.79 Å². The van der Waals surface area contributed by atoms with Crippen molar-refractivity contribution in [3.05, 3.63) is 23.8 Å². The van der Waals surface area contributed by atoms with Crippen LogP contribution in [0.5, 0.6) is 0 Å². The van der Waals surface area contributed by atoms with Crippen molar-refractivity contribution < 1.29 is 9.53 Å². The molecule has 0 aromatic carbocycles. The molecule has 0 aromatic heterocycles. The molecule has 2 aliphatic rings. The minimum atomic E-state index is 0.126. The summed E-state index contributed by atoms with van der Waals surface area (Å²) in [4.78, 5) is 12.3. The first kappa shape index (κ1) is 13.5. The van der Waals surface area contributed by atoms with Gasteiger partial charge in [-0.05, 0) is 43.1 Å². The Morgan fingerprint density at radius 1 is 1.44 bits per heavy atom. The van der Waals surface area contributed by atoms with E-state index in [-0.39, 0.29) is 11.3 Å². The van der Waals surface area contributed by atoms with Gasteiger partial charge in [0.25, 0.3) is 0 Å². The normalized spacial score (nSPS) is 34.1. The number of ketones is 1. The van der Waals surface area contributed by atoms with Crippen molar-refractivity contribution in [3.8, 4) is 0 Å². The molecule has 2 rings (SSSR count). The molecule has 18 heavy (non-hydrogen) atoms. The summed E-state index contributed by atoms with van der Waals surface area (Å²) in [5.41, 5.74) is 1.49. The van der Waals surface area contributed by atoms with E-state index in [1.807, 2.05) is 0 Å². The third-order valence-corrected chi connectivity index (χ3v) is 4.74. The van der Waals surface area contributed by atoms with E-state index in [1.54, 1.807) is 13.2 Å². The molecule has 0 fully saturated rings. The van der Waals surface area contributed by atoms with Crippen molar-refractivity contribution in [1.82, 2.24) is 0 Å². The van der Waals surface area contributed by atoms with Crippen LogP contribution >= 0.6 is 0 Å². The van der Waals surface area contributed by atoms with E-state index in [0.29, 0.717) is 17.6 Å². The number of methoxy groups -OCH3 is 1. The smallest absolute Gasteiger partial charge is 0.159 e. The average molecular weight is 248 g/mol. The van der Waals surface area contributed by atoms with Crippen LogP contribution in [-0.4, -0.2) is 19.5 Å². The molecule has 0 radical (unpaired) electrons. The first-order valence-corrected chi connectivity index (χ1v) is 6.86. The van der Waals surface area contributed by atoms with Gasteiger partial charge in [0.1, 0.15) is 0 Å². The molecule has 2 nitrogen and oxygen atoms in total. The number of rotatable bonds is 3. The molecule has 0 saturated carbocycles. The molecule has 2 heteroatoms. The molecule has 0 N–H and O–H groups in total. The SMILES string of the molecule is COCC[C@H]1C(C)=CC[C@@H]2[C@@H]1C(=O)C=CC2(C)C. The van der Waals surface area contributed by atoms with Gasteiger partial charge in [0.2, 0.25) is 0 Å². The molecule has 0 bridgehead atoms. The zero-order valence-electron chi connectivity index (χ0n) is 11.9. The van der Waals surface area contributed by atoms with Crippen molar-refractivity contribution in [2.24, 2.45) is 23.2 Å². The van der Waals surface area contributed by atoms with E-state index < -0.39 is 0 Å². The van der Waals surface area contributed by atoms with Crippen LogP contribution in [0.15, 0.2) is 23.8 Å². The zero-order chi connectivity index (χ0) is 13.3. The number of fused-ring (bicyclic) bond motifs is 1. The fourth-order valence-electron chi connectivity index (χ4n) is 3.52. The second-order valence-electron chi connectivity index (χ2n) is 6.26. The molecule has 0 spiro atoms. The lowest BCUT2D eigenvalue weighted by Gasteiger charge is -2.45. The van der Waals surface area contributed by atoms with Crippen LogP contribution in [0.1, 0.15) is 33.6 Å². The molecule has 0 heterocycles. The lowest BCUT2D eigenvalue weighted by Crippen LogP contribution is -2.43. The van der Waals surface area contributed by atoms with E-state index >= 15 is 0 Å². The Balaban J connectivity index is 2.30. The van der Waals surface area contributed by atoms with Gasteiger partial charge in [-0.25, -0.2) is 0 Å². The zero-order valence-corrected chi connectivity index (χ0v) is 11.9. The highest BCUT2D eigenvalue weighted by atomic mass is 16.5. The van der Waals surface area contributed by atoms with Crippen LogP contribution in [0.2, 0.25) is 0 Å². The minimum Gasteiger partial charge on any atom is -0.385 e. The quantitative estimate of drug-likeness (QED) is 0.716. The summed E-state index contributed by atoms with van der Waals surface area (Å²) in [6.07, 6.45) is 8.21. The number of allylic oxidation sites excluding steroid dienone is 4. The van der Waals surface area contributed by atoms with Crippen molar-refractivity contribution in [2.45, 2.75) is 33.6 Å². The van der Waals surface area contributed by atoms with E-state index in [2.05, 4.69) is 32.9 Å². The fourth-order valence-corrected chi connectivity index (χ4v) is 3.52. The molecular formula is C16H24O2. The third-order valence-electron chi connectivity index (χ3n) is 4.74. The van der Waals surface area contributed by atoms with Gasteiger partial charge in [-0.2, -0.15) is 0 Å². The molecule has 0 amide bonds. The van der Waals surface area contributed by atoms with Gasteiger partial charge in [-0.15, -0.1) is 0 Å². The van der Waals surface area contributed by atoms with Crippen molar-refractivity contribution in [2.75, 3.05) is 13.7 Å². The lowest BCUT2D eigenvalue weighted by molar-refractivity contribution is -0.124. The Morgan fingerprint density at radius 3 is 2.83 bits per heavy atom. The Kier molecular flexibility index (Phi) is 3.76. The molecule has 0 aliphatic heterocycles. The second-order valence-corrected chi connectivity index (χ2v) is 6.26. The standard InChI is InChI=1S/C16H24O2/c1-11-5-6-13-15(12(11)8-10-18-4)14(17)7-9-16(13,2)3/h5,7,9,12-13,15H,6,8,10H2,1-4H3/t12-,13+,15+/m0/s1. The number of hydrogen-bond acceptors (Lipinski definition) is 2. The molecule has 0 aromatic rings. The molecule has 2 aliphatic carbocycles. The van der Waals surface area contributed by atoms with E-state index in [1.165, 1.54) is 5.57 Å². The fraction of sp³-hybridized carbons (Fsp3) is 0.688. The molecular weight excluding hydrogens is 224 g/mol. The first-order chi connectivity index (χ1) is 8.47. The molecule has 3 atom stereocenters. The maximum Gasteiger partial charge on any atom is 0.159 e. The summed E-state index contributed by atoms with van der Waals surface area (Å²) in [5, 5.41) is 0. The van der Waals surface area contributed by atoms with E-state index in [0.717, 1.165) is 19.4 Å². The Labute approximate surface area is 110 Å². The number of ether oxygens (including phenoxy) is 1. The Morgan fingerprint density at radius 2 is 2.17 bits per heavy atom. The summed E-state index contributed by atoms with van der Waals surface area (Å²) in [6, 6.07) is 0. The lowest BCUT2D eigenvalue weighted by atomic mass is 9.58. The number of hydrogen-bond donors (Lipinski definition) is 0. The highest BCUT2D eigenvalue weighted by molar-refractivity contribution is 5.93. The summed E-state index contributed by atoms with van der Waals surface area (Å²) < 4.78 is 5.20. The van der Waals surface area contributed by atoms with Crippen LogP contribution in [-0.2, 0) is 9.53 Å². The van der Waals surface area contributed by atoms with Crippen LogP contribution in [0.3, 0.4) is 0 Å². The van der Waals surface area contributed by atoms with Gasteiger partial charge in [-0.1, -0.05) is 31.6 Å². The van der Waals surface area contributed by atoms with Crippen LogP contribution < -0.4 is 0 Å². The summed E-state index contributed by atoms with van der Waals surface area (Å²) in [7, 11) is 1.73. The number of carbonyl (C=O) groups excluding carboxylic acids is 1. The van der Waals surface area contributed by atoms with Crippen LogP contribution in [0.4, 0.5) is 0 Å². The number of carbonyl (C=O) groups is 1. The predicted molar refractivity (Wildman–Crippen MR) is 73.3 cm³/mol. The van der Waals surface area contributed by atoms with Gasteiger partial charge in [0.05, 0.1) is 0 Å². The van der Waals surface area contributed by atoms with Crippen molar-refractivity contribution in [1.29, 1.82) is 0 Å². The molecule has 0 unspecified atom stereocenters. The van der Waals surface area contributed by atoms with Crippen LogP contribution in [0, 0.1) is 23.2 Å². The van der Waals surface area contributed by atoms with Crippen LogP contribution in [0.25, 0.3) is 0 Å². The van der Waals surface area contributed by atoms with Gasteiger partial charge >= 0.3 is 0 Å². The molecule has 100 valence electrons. The predicted octanol–water partition coefficient (Wildman–Crippen LogP) is 3.39. The summed E-state index contributed by atoms with van der Waals surface area (Å²) in [5.74, 6) is 1.28. The highest BCUT2D eigenvalue weighted by Gasteiger charge is 2.45. The Hall–Kier alpha value is -0.890. The topological polar surface area (TPSA) is 26.3 Å². The van der Waals surface area contributed by atoms with Crippen molar-refractivity contribution >= 4 is 5.78 Å². The largest absolute Gasteiger partial charge is 0.385 e. The summed E-state index contributed by atoms with van der Waals surface area (Å²) >= 11 is 0.